The van der Waals surface area contributed by atoms with Crippen molar-refractivity contribution < 1.29 is 0 Å². The normalized spacial score (nSPS) is 9.17. The van der Waals surface area contributed by atoms with Crippen molar-refractivity contribution in [2.45, 2.75) is 13.5 Å². The van der Waals surface area contributed by atoms with E-state index in [4.69, 9.17) is 0 Å². The van der Waals surface area contributed by atoms with Crippen molar-refractivity contribution >= 4 is 0 Å². The molecule has 0 unspecified atom stereocenters. The first kappa shape index (κ1) is 8.82. The number of nitrogens with one attached hydrogen (secondary N) is 1. The topological polar surface area (TPSA) is 29.9 Å². The minimum atomic E-state index is 0.738. The second-order valence-electron chi connectivity index (χ2n) is 2.48. The Bertz CT molecular complexity index is 290. The maximum atomic E-state index is 4.06. The van der Waals surface area contributed by atoms with Crippen molar-refractivity contribution in [2.24, 2.45) is 7.05 Å². The Labute approximate surface area is 72.8 Å². The molecule has 0 aromatic carbocycles. The Morgan fingerprint density at radius 2 is 2.50 bits per heavy atom. The molecule has 1 aromatic heterocycles. The van der Waals surface area contributed by atoms with Gasteiger partial charge >= 0.3 is 0 Å². The van der Waals surface area contributed by atoms with E-state index in [0.29, 0.717) is 0 Å². The molecule has 0 aliphatic rings. The molecule has 0 bridgehead atoms. The molecule has 1 heterocycles. The maximum Gasteiger partial charge on any atom is 0.0579 e. The number of hydrogen-bond acceptors (Lipinski definition) is 2. The molecular weight excluding hydrogens is 150 g/mol. The number of nitrogens with zero attached hydrogens (tertiary/aromatic N) is 2. The van der Waals surface area contributed by atoms with Gasteiger partial charge in [-0.3, -0.25) is 4.68 Å². The Morgan fingerprint density at radius 3 is 3.08 bits per heavy atom. The summed E-state index contributed by atoms with van der Waals surface area (Å²) in [7, 11) is 1.93. The molecule has 3 heteroatoms. The van der Waals surface area contributed by atoms with Gasteiger partial charge in [-0.05, 0) is 13.0 Å². The van der Waals surface area contributed by atoms with Gasteiger partial charge in [0.25, 0.3) is 0 Å². The van der Waals surface area contributed by atoms with Crippen molar-refractivity contribution in [3.63, 3.8) is 0 Å². The van der Waals surface area contributed by atoms with Gasteiger partial charge in [-0.1, -0.05) is 5.92 Å². The van der Waals surface area contributed by atoms with Crippen LogP contribution in [0.15, 0.2) is 12.3 Å². The van der Waals surface area contributed by atoms with E-state index in [0.717, 1.165) is 13.1 Å². The minimum absolute atomic E-state index is 0.738. The molecule has 1 aromatic rings. The number of aromatic nitrogens is 2. The summed E-state index contributed by atoms with van der Waals surface area (Å²) in [5.41, 5.74) is 1.17. The highest BCUT2D eigenvalue weighted by Gasteiger charge is 1.94. The van der Waals surface area contributed by atoms with Crippen LogP contribution in [0.3, 0.4) is 0 Å². The summed E-state index contributed by atoms with van der Waals surface area (Å²) in [6, 6.07) is 1.99. The van der Waals surface area contributed by atoms with Gasteiger partial charge in [0.15, 0.2) is 0 Å². The van der Waals surface area contributed by atoms with Crippen LogP contribution in [-0.4, -0.2) is 16.3 Å². The van der Waals surface area contributed by atoms with Crippen molar-refractivity contribution in [1.29, 1.82) is 0 Å². The van der Waals surface area contributed by atoms with Gasteiger partial charge in [0, 0.05) is 19.8 Å². The van der Waals surface area contributed by atoms with Gasteiger partial charge in [0.1, 0.15) is 0 Å². The lowest BCUT2D eigenvalue weighted by Gasteiger charge is -2.00. The minimum Gasteiger partial charge on any atom is -0.301 e. The highest BCUT2D eigenvalue weighted by Crippen LogP contribution is 1.93. The highest BCUT2D eigenvalue weighted by molar-refractivity contribution is 5.01. The van der Waals surface area contributed by atoms with Crippen molar-refractivity contribution in [1.82, 2.24) is 15.1 Å². The zero-order chi connectivity index (χ0) is 8.81. The molecule has 0 atom stereocenters. The summed E-state index contributed by atoms with van der Waals surface area (Å²) in [6.45, 7) is 3.40. The van der Waals surface area contributed by atoms with E-state index in [1.54, 1.807) is 6.20 Å². The van der Waals surface area contributed by atoms with Crippen LogP contribution < -0.4 is 5.32 Å². The highest BCUT2D eigenvalue weighted by atomic mass is 15.3. The molecule has 1 N–H and O–H groups in total. The first-order chi connectivity index (χ1) is 5.84. The predicted octanol–water partition coefficient (Wildman–Crippen LogP) is 0.533. The summed E-state index contributed by atoms with van der Waals surface area (Å²) in [5, 5.41) is 7.25. The molecule has 0 saturated carbocycles. The molecule has 12 heavy (non-hydrogen) atoms. The number of hydrogen-bond donors (Lipinski definition) is 1. The summed E-state index contributed by atoms with van der Waals surface area (Å²) in [4.78, 5) is 0. The number of aryl methyl sites for hydroxylation is 1. The lowest BCUT2D eigenvalue weighted by molar-refractivity contribution is 0.658. The fourth-order valence-corrected chi connectivity index (χ4v) is 0.916. The number of rotatable bonds is 3. The van der Waals surface area contributed by atoms with Gasteiger partial charge < -0.3 is 5.32 Å². The van der Waals surface area contributed by atoms with Crippen LogP contribution in [0.25, 0.3) is 0 Å². The third kappa shape index (κ3) is 2.40. The monoisotopic (exact) mass is 163 g/mol. The zero-order valence-electron chi connectivity index (χ0n) is 7.46. The van der Waals surface area contributed by atoms with Crippen LogP contribution >= 0.6 is 0 Å². The van der Waals surface area contributed by atoms with Crippen LogP contribution in [0.2, 0.25) is 0 Å². The summed E-state index contributed by atoms with van der Waals surface area (Å²) >= 11 is 0. The predicted molar refractivity (Wildman–Crippen MR) is 48.4 cm³/mol. The first-order valence-electron chi connectivity index (χ1n) is 3.92. The molecule has 64 valence electrons. The fourth-order valence-electron chi connectivity index (χ4n) is 0.916. The quantitative estimate of drug-likeness (QED) is 0.520. The van der Waals surface area contributed by atoms with Crippen LogP contribution in [0.1, 0.15) is 12.6 Å². The first-order valence-corrected chi connectivity index (χ1v) is 3.92. The third-order valence-electron chi connectivity index (χ3n) is 1.62. The van der Waals surface area contributed by atoms with Crippen LogP contribution in [0.4, 0.5) is 0 Å². The van der Waals surface area contributed by atoms with Crippen molar-refractivity contribution in [3.05, 3.63) is 18.0 Å². The van der Waals surface area contributed by atoms with E-state index in [2.05, 4.69) is 22.3 Å². The third-order valence-corrected chi connectivity index (χ3v) is 1.62. The Kier molecular flexibility index (Phi) is 3.36. The second kappa shape index (κ2) is 4.58. The Hall–Kier alpha value is -1.27. The molecule has 0 aliphatic heterocycles. The largest absolute Gasteiger partial charge is 0.301 e. The van der Waals surface area contributed by atoms with E-state index in [1.807, 2.05) is 24.7 Å². The van der Waals surface area contributed by atoms with Gasteiger partial charge in [-0.25, -0.2) is 0 Å². The van der Waals surface area contributed by atoms with E-state index < -0.39 is 0 Å². The molecule has 0 spiro atoms. The molecule has 0 saturated heterocycles. The maximum absolute atomic E-state index is 4.06. The van der Waals surface area contributed by atoms with E-state index >= 15 is 0 Å². The average Bonchev–Trinajstić information content (AvgIpc) is 2.46. The SMILES string of the molecule is CC#CCNCc1ccnn1C. The van der Waals surface area contributed by atoms with Crippen molar-refractivity contribution in [3.8, 4) is 11.8 Å². The zero-order valence-corrected chi connectivity index (χ0v) is 7.46. The van der Waals surface area contributed by atoms with Crippen molar-refractivity contribution in [2.75, 3.05) is 6.54 Å². The standard InChI is InChI=1S/C9H13N3/c1-3-4-6-10-8-9-5-7-11-12(9)2/h5,7,10H,6,8H2,1-2H3. The summed E-state index contributed by atoms with van der Waals surface area (Å²) in [6.07, 6.45) is 1.79. The average molecular weight is 163 g/mol. The summed E-state index contributed by atoms with van der Waals surface area (Å²) in [5.74, 6) is 5.77. The summed E-state index contributed by atoms with van der Waals surface area (Å²) < 4.78 is 1.85. The van der Waals surface area contributed by atoms with Gasteiger partial charge in [0.2, 0.25) is 0 Å². The molecule has 1 rings (SSSR count). The van der Waals surface area contributed by atoms with Crippen LogP contribution in [0, 0.1) is 11.8 Å². The van der Waals surface area contributed by atoms with Gasteiger partial charge in [0.05, 0.1) is 12.2 Å². The molecule has 0 radical (unpaired) electrons. The second-order valence-corrected chi connectivity index (χ2v) is 2.48. The lowest BCUT2D eigenvalue weighted by Crippen LogP contribution is -2.15. The van der Waals surface area contributed by atoms with E-state index in [1.165, 1.54) is 5.69 Å². The van der Waals surface area contributed by atoms with E-state index in [-0.39, 0.29) is 0 Å². The molecule has 0 aliphatic carbocycles. The van der Waals surface area contributed by atoms with Gasteiger partial charge in [-0.15, -0.1) is 5.92 Å². The van der Waals surface area contributed by atoms with Crippen LogP contribution in [-0.2, 0) is 13.6 Å². The van der Waals surface area contributed by atoms with E-state index in [9.17, 15) is 0 Å². The lowest BCUT2D eigenvalue weighted by atomic mass is 10.4. The Balaban J connectivity index is 2.32. The molecule has 3 nitrogen and oxygen atoms in total. The fraction of sp³-hybridized carbons (Fsp3) is 0.444. The molecule has 0 fully saturated rings. The smallest absolute Gasteiger partial charge is 0.0579 e. The van der Waals surface area contributed by atoms with Gasteiger partial charge in [-0.2, -0.15) is 5.10 Å². The van der Waals surface area contributed by atoms with Crippen LogP contribution in [0.5, 0.6) is 0 Å². The molecule has 0 amide bonds. The Morgan fingerprint density at radius 1 is 1.67 bits per heavy atom. The molecular formula is C9H13N3.